The van der Waals surface area contributed by atoms with Crippen molar-refractivity contribution in [3.63, 3.8) is 0 Å². The third-order valence-corrected chi connectivity index (χ3v) is 6.56. The quantitative estimate of drug-likeness (QED) is 0.508. The van der Waals surface area contributed by atoms with E-state index >= 15 is 0 Å². The predicted molar refractivity (Wildman–Crippen MR) is 122 cm³/mol. The Bertz CT molecular complexity index is 1170. The summed E-state index contributed by atoms with van der Waals surface area (Å²) in [5.41, 5.74) is 3.68. The molecule has 1 saturated heterocycles. The monoisotopic (exact) mass is 448 g/mol. The van der Waals surface area contributed by atoms with E-state index in [1.54, 1.807) is 6.33 Å². The van der Waals surface area contributed by atoms with E-state index in [0.29, 0.717) is 36.3 Å². The van der Waals surface area contributed by atoms with Crippen LogP contribution in [-0.2, 0) is 11.2 Å². The molecule has 2 unspecified atom stereocenters. The molecule has 172 valence electrons. The molecule has 9 heteroatoms. The molecule has 33 heavy (non-hydrogen) atoms. The number of aromatic amines is 1. The van der Waals surface area contributed by atoms with Crippen molar-refractivity contribution in [2.75, 3.05) is 13.1 Å². The molecular weight excluding hydrogens is 420 g/mol. The summed E-state index contributed by atoms with van der Waals surface area (Å²) in [6, 6.07) is 5.70. The van der Waals surface area contributed by atoms with Crippen molar-refractivity contribution in [2.24, 2.45) is 5.92 Å². The van der Waals surface area contributed by atoms with E-state index in [4.69, 9.17) is 4.74 Å². The molecule has 0 radical (unpaired) electrons. The molecule has 1 aromatic carbocycles. The number of nitrogens with one attached hydrogen (secondary N) is 3. The van der Waals surface area contributed by atoms with Crippen LogP contribution in [0.2, 0.25) is 0 Å². The van der Waals surface area contributed by atoms with Crippen molar-refractivity contribution >= 4 is 22.9 Å². The Morgan fingerprint density at radius 1 is 1.27 bits per heavy atom. The van der Waals surface area contributed by atoms with Crippen LogP contribution in [0.5, 0.6) is 5.75 Å². The van der Waals surface area contributed by atoms with Crippen LogP contribution in [0.15, 0.2) is 30.9 Å². The van der Waals surface area contributed by atoms with E-state index < -0.39 is 0 Å². The van der Waals surface area contributed by atoms with Crippen LogP contribution >= 0.6 is 0 Å². The highest BCUT2D eigenvalue weighted by Crippen LogP contribution is 2.37. The molecule has 1 aliphatic heterocycles. The number of carbonyl (C=O) groups excluding carboxylic acids is 2. The Kier molecular flexibility index (Phi) is 6.04. The summed E-state index contributed by atoms with van der Waals surface area (Å²) >= 11 is 0. The summed E-state index contributed by atoms with van der Waals surface area (Å²) in [6.07, 6.45) is 6.35. The highest BCUT2D eigenvalue weighted by atomic mass is 16.5. The van der Waals surface area contributed by atoms with Crippen molar-refractivity contribution in [1.82, 2.24) is 30.6 Å². The number of Topliss-reactive ketones (excluding diaryl/α,β-unsaturated/α-hetero) is 1. The summed E-state index contributed by atoms with van der Waals surface area (Å²) in [7, 11) is 0. The Morgan fingerprint density at radius 3 is 3.00 bits per heavy atom. The third-order valence-electron chi connectivity index (χ3n) is 6.56. The number of hydrogen-bond acceptors (Lipinski definition) is 7. The molecule has 3 aromatic rings. The number of hydrogen-bond donors (Lipinski definition) is 3. The van der Waals surface area contributed by atoms with Crippen LogP contribution in [0.3, 0.4) is 0 Å². The van der Waals surface area contributed by atoms with Gasteiger partial charge in [-0.25, -0.2) is 15.0 Å². The van der Waals surface area contributed by atoms with E-state index in [9.17, 15) is 9.59 Å². The van der Waals surface area contributed by atoms with Crippen LogP contribution in [0, 0.1) is 5.92 Å². The minimum Gasteiger partial charge on any atom is -0.482 e. The molecule has 5 rings (SSSR count). The fourth-order valence-corrected chi connectivity index (χ4v) is 4.96. The molecule has 3 atom stereocenters. The van der Waals surface area contributed by atoms with Gasteiger partial charge in [-0.1, -0.05) is 12.1 Å². The van der Waals surface area contributed by atoms with Gasteiger partial charge in [0.2, 0.25) is 5.91 Å². The SMILES string of the molecule is CCNC(=O)CC1CCc2c(O[C@@H](c3ncnc4nc[nH]c34)C3CCCN3)cccc2C1=O. The molecule has 9 nitrogen and oxygen atoms in total. The number of benzene rings is 1. The first kappa shape index (κ1) is 21.5. The van der Waals surface area contributed by atoms with E-state index in [-0.39, 0.29) is 36.2 Å². The first-order valence-corrected chi connectivity index (χ1v) is 11.6. The number of fused-ring (bicyclic) bond motifs is 2. The smallest absolute Gasteiger partial charge is 0.220 e. The van der Waals surface area contributed by atoms with Crippen LogP contribution in [0.4, 0.5) is 0 Å². The van der Waals surface area contributed by atoms with Gasteiger partial charge in [0, 0.05) is 30.0 Å². The van der Waals surface area contributed by atoms with Gasteiger partial charge in [-0.05, 0) is 45.2 Å². The molecule has 0 saturated carbocycles. The first-order valence-electron chi connectivity index (χ1n) is 11.6. The second-order valence-electron chi connectivity index (χ2n) is 8.64. The van der Waals surface area contributed by atoms with Crippen molar-refractivity contribution in [3.05, 3.63) is 47.7 Å². The summed E-state index contributed by atoms with van der Waals surface area (Å²) < 4.78 is 6.63. The summed E-state index contributed by atoms with van der Waals surface area (Å²) in [5.74, 6) is 0.341. The van der Waals surface area contributed by atoms with Gasteiger partial charge < -0.3 is 20.4 Å². The zero-order valence-corrected chi connectivity index (χ0v) is 18.6. The molecule has 1 aliphatic carbocycles. The summed E-state index contributed by atoms with van der Waals surface area (Å²) in [4.78, 5) is 41.4. The maximum atomic E-state index is 13.2. The number of carbonyl (C=O) groups is 2. The molecule has 1 amide bonds. The average molecular weight is 449 g/mol. The van der Waals surface area contributed by atoms with Crippen LogP contribution in [0.1, 0.15) is 60.3 Å². The molecule has 3 N–H and O–H groups in total. The van der Waals surface area contributed by atoms with Gasteiger partial charge >= 0.3 is 0 Å². The van der Waals surface area contributed by atoms with E-state index in [0.717, 1.165) is 36.2 Å². The number of aromatic nitrogens is 4. The van der Waals surface area contributed by atoms with Crippen LogP contribution < -0.4 is 15.4 Å². The first-order chi connectivity index (χ1) is 16.2. The summed E-state index contributed by atoms with van der Waals surface area (Å²) in [5, 5.41) is 6.32. The number of ether oxygens (including phenoxy) is 1. The van der Waals surface area contributed by atoms with Gasteiger partial charge in [0.05, 0.1) is 12.4 Å². The second-order valence-corrected chi connectivity index (χ2v) is 8.64. The van der Waals surface area contributed by atoms with E-state index in [2.05, 4.69) is 30.6 Å². The van der Waals surface area contributed by atoms with Crippen molar-refractivity contribution in [1.29, 1.82) is 0 Å². The lowest BCUT2D eigenvalue weighted by Gasteiger charge is -2.29. The molecule has 2 aromatic heterocycles. The Morgan fingerprint density at radius 2 is 2.18 bits per heavy atom. The predicted octanol–water partition coefficient (Wildman–Crippen LogP) is 2.50. The molecular formula is C24H28N6O3. The number of amides is 1. The number of imidazole rings is 1. The topological polar surface area (TPSA) is 122 Å². The number of H-pyrrole nitrogens is 1. The molecule has 0 spiro atoms. The van der Waals surface area contributed by atoms with E-state index in [1.165, 1.54) is 6.33 Å². The zero-order valence-electron chi connectivity index (χ0n) is 18.6. The maximum absolute atomic E-state index is 13.2. The standard InChI is InChI=1S/C24H28N6O3/c1-2-25-19(31)11-14-8-9-15-16(22(14)32)5-3-7-18(15)33-23(17-6-4-10-26-17)20-21-24(29-12-27-20)30-13-28-21/h3,5,7,12-14,17,23,26H,2,4,6,8-11H2,1H3,(H,25,31)(H,27,28,29,30)/t14?,17?,23-/m1/s1. The Hall–Kier alpha value is -3.33. The van der Waals surface area contributed by atoms with Gasteiger partial charge in [0.1, 0.15) is 23.3 Å². The molecule has 1 fully saturated rings. The number of nitrogens with zero attached hydrogens (tertiary/aromatic N) is 3. The number of rotatable bonds is 7. The highest BCUT2D eigenvalue weighted by Gasteiger charge is 2.34. The van der Waals surface area contributed by atoms with Gasteiger partial charge in [0.25, 0.3) is 0 Å². The average Bonchev–Trinajstić information content (AvgIpc) is 3.52. The Balaban J connectivity index is 1.46. The van der Waals surface area contributed by atoms with Gasteiger partial charge in [-0.2, -0.15) is 0 Å². The van der Waals surface area contributed by atoms with Gasteiger partial charge in [-0.15, -0.1) is 0 Å². The van der Waals surface area contributed by atoms with Crippen LogP contribution in [-0.4, -0.2) is 50.8 Å². The largest absolute Gasteiger partial charge is 0.482 e. The van der Waals surface area contributed by atoms with Crippen molar-refractivity contribution in [2.45, 2.75) is 51.2 Å². The maximum Gasteiger partial charge on any atom is 0.220 e. The van der Waals surface area contributed by atoms with Gasteiger partial charge in [-0.3, -0.25) is 9.59 Å². The third kappa shape index (κ3) is 4.20. The molecule has 0 bridgehead atoms. The lowest BCUT2D eigenvalue weighted by atomic mass is 9.80. The van der Waals surface area contributed by atoms with Crippen molar-refractivity contribution in [3.8, 4) is 5.75 Å². The van der Waals surface area contributed by atoms with Crippen LogP contribution in [0.25, 0.3) is 11.2 Å². The lowest BCUT2D eigenvalue weighted by Crippen LogP contribution is -2.34. The van der Waals surface area contributed by atoms with Crippen molar-refractivity contribution < 1.29 is 14.3 Å². The second kappa shape index (κ2) is 9.27. The molecule has 3 heterocycles. The lowest BCUT2D eigenvalue weighted by molar-refractivity contribution is -0.121. The minimum absolute atomic E-state index is 0.0153. The van der Waals surface area contributed by atoms with E-state index in [1.807, 2.05) is 25.1 Å². The highest BCUT2D eigenvalue weighted by molar-refractivity contribution is 6.02. The zero-order chi connectivity index (χ0) is 22.8. The summed E-state index contributed by atoms with van der Waals surface area (Å²) in [6.45, 7) is 3.37. The molecule has 2 aliphatic rings. The van der Waals surface area contributed by atoms with Gasteiger partial charge in [0.15, 0.2) is 17.5 Å². The fraction of sp³-hybridized carbons (Fsp3) is 0.458. The number of ketones is 1. The minimum atomic E-state index is -0.354. The normalized spacial score (nSPS) is 21.1. The fourth-order valence-electron chi connectivity index (χ4n) is 4.96. The Labute approximate surface area is 191 Å².